The lowest BCUT2D eigenvalue weighted by atomic mass is 10.2. The lowest BCUT2D eigenvalue weighted by Crippen LogP contribution is -2.68. The molecule has 0 spiro atoms. The fraction of sp³-hybridized carbons (Fsp3) is 0.778. The summed E-state index contributed by atoms with van der Waals surface area (Å²) in [6, 6.07) is -1.07. The molecule has 0 bridgehead atoms. The fourth-order valence-corrected chi connectivity index (χ4v) is 0.633. The monoisotopic (exact) mass is 220 g/mol. The van der Waals surface area contributed by atoms with Crippen molar-refractivity contribution in [2.45, 2.75) is 45.2 Å². The van der Waals surface area contributed by atoms with Crippen LogP contribution in [0.3, 0.4) is 0 Å². The normalized spacial score (nSPS) is 13.3. The van der Waals surface area contributed by atoms with Gasteiger partial charge in [0.05, 0.1) is 11.9 Å². The molecule has 6 nitrogen and oxygen atoms in total. The van der Waals surface area contributed by atoms with Crippen LogP contribution in [0.25, 0.3) is 0 Å². The maximum Gasteiger partial charge on any atom is 0.124 e. The Morgan fingerprint density at radius 1 is 1.07 bits per heavy atom. The van der Waals surface area contributed by atoms with Crippen LogP contribution in [0, 0.1) is 0 Å². The minimum atomic E-state index is -1.07. The van der Waals surface area contributed by atoms with E-state index in [1.165, 1.54) is 0 Å². The largest absolute Gasteiger partial charge is 0.544 e. The molecule has 0 aliphatic carbocycles. The Morgan fingerprint density at radius 2 is 1.47 bits per heavy atom. The molecule has 0 radical (unpaired) electrons. The zero-order valence-corrected chi connectivity index (χ0v) is 9.32. The number of carboxylic acid groups (broad SMARTS) is 2. The van der Waals surface area contributed by atoms with Gasteiger partial charge >= 0.3 is 0 Å². The first-order valence-corrected chi connectivity index (χ1v) is 4.94. The van der Waals surface area contributed by atoms with Crippen molar-refractivity contribution in [3.05, 3.63) is 0 Å². The van der Waals surface area contributed by atoms with Crippen LogP contribution in [-0.2, 0) is 9.59 Å². The molecule has 0 aromatic rings. The number of hydrogen-bond donors (Lipinski definition) is 2. The van der Waals surface area contributed by atoms with E-state index >= 15 is 0 Å². The molecule has 0 rings (SSSR count). The van der Waals surface area contributed by atoms with E-state index in [2.05, 4.69) is 11.5 Å². The minimum Gasteiger partial charge on any atom is -0.544 e. The smallest absolute Gasteiger partial charge is 0.124 e. The summed E-state index contributed by atoms with van der Waals surface area (Å²) in [6.45, 7) is 3.68. The first kappa shape index (κ1) is 16.3. The Labute approximate surface area is 89.3 Å². The van der Waals surface area contributed by atoms with Crippen molar-refractivity contribution in [1.29, 1.82) is 0 Å². The highest BCUT2D eigenvalue weighted by atomic mass is 16.4. The van der Waals surface area contributed by atoms with E-state index in [1.807, 2.05) is 6.92 Å². The molecule has 0 unspecified atom stereocenters. The van der Waals surface area contributed by atoms with E-state index in [0.717, 1.165) is 6.42 Å². The fourth-order valence-electron chi connectivity index (χ4n) is 0.633. The van der Waals surface area contributed by atoms with Gasteiger partial charge in [-0.25, -0.2) is 0 Å². The number of carbonyl (C=O) groups is 2. The highest BCUT2D eigenvalue weighted by Crippen LogP contribution is 1.87. The van der Waals surface area contributed by atoms with Gasteiger partial charge in [-0.2, -0.15) is 0 Å². The molecule has 0 heterocycles. The summed E-state index contributed by atoms with van der Waals surface area (Å²) < 4.78 is 0. The van der Waals surface area contributed by atoms with Gasteiger partial charge in [0.2, 0.25) is 0 Å². The number of aliphatic carboxylic acids is 2. The van der Waals surface area contributed by atoms with E-state index in [-0.39, 0.29) is 0 Å². The first-order chi connectivity index (χ1) is 6.86. The van der Waals surface area contributed by atoms with Crippen LogP contribution in [0.4, 0.5) is 0 Å². The molecule has 90 valence electrons. The summed E-state index contributed by atoms with van der Waals surface area (Å²) in [5.74, 6) is -2.12. The molecular weight excluding hydrogens is 200 g/mol. The van der Waals surface area contributed by atoms with Crippen LogP contribution in [0.5, 0.6) is 0 Å². The second kappa shape index (κ2) is 9.42. The summed E-state index contributed by atoms with van der Waals surface area (Å²) in [7, 11) is 0. The Bertz CT molecular complexity index is 197. The zero-order valence-electron chi connectivity index (χ0n) is 9.32. The van der Waals surface area contributed by atoms with Crippen molar-refractivity contribution >= 4 is 11.9 Å². The van der Waals surface area contributed by atoms with Crippen molar-refractivity contribution in [2.75, 3.05) is 0 Å². The van der Waals surface area contributed by atoms with Gasteiger partial charge in [-0.15, -0.1) is 0 Å². The third-order valence-electron chi connectivity index (χ3n) is 1.80. The molecule has 15 heavy (non-hydrogen) atoms. The van der Waals surface area contributed by atoms with E-state index < -0.39 is 24.0 Å². The van der Waals surface area contributed by atoms with Crippen LogP contribution < -0.4 is 21.7 Å². The molecule has 6 N–H and O–H groups in total. The molecule has 0 aliphatic heterocycles. The van der Waals surface area contributed by atoms with Gasteiger partial charge in [0, 0.05) is 12.8 Å². The molecule has 2 atom stereocenters. The van der Waals surface area contributed by atoms with Gasteiger partial charge in [0.25, 0.3) is 0 Å². The average molecular weight is 220 g/mol. The number of hydrogen-bond acceptors (Lipinski definition) is 4. The van der Waals surface area contributed by atoms with Gasteiger partial charge < -0.3 is 31.3 Å². The molecule has 0 fully saturated rings. The van der Waals surface area contributed by atoms with E-state index in [0.29, 0.717) is 12.8 Å². The number of carbonyl (C=O) groups excluding carboxylic acids is 2. The Hall–Kier alpha value is -1.14. The summed E-state index contributed by atoms with van der Waals surface area (Å²) in [5.41, 5.74) is 6.66. The standard InChI is InChI=1S/C5H11NO2.C4H9NO2/c1-2-3-4(6)5(7)8;1-2-3(5)4(6)7/h4H,2-3,6H2,1H3,(H,7,8);3H,2,5H2,1H3,(H,6,7)/t4-;3-/m01/s1. The molecule has 0 amide bonds. The van der Waals surface area contributed by atoms with E-state index in [4.69, 9.17) is 0 Å². The van der Waals surface area contributed by atoms with E-state index in [1.54, 1.807) is 6.92 Å². The maximum absolute atomic E-state index is 9.92. The molecular formula is C9H20N2O4. The molecule has 0 saturated carbocycles. The molecule has 0 aromatic heterocycles. The lowest BCUT2D eigenvalue weighted by molar-refractivity contribution is -0.438. The first-order valence-electron chi connectivity index (χ1n) is 4.94. The Morgan fingerprint density at radius 3 is 1.53 bits per heavy atom. The van der Waals surface area contributed by atoms with Crippen molar-refractivity contribution in [1.82, 2.24) is 0 Å². The topological polar surface area (TPSA) is 136 Å². The minimum absolute atomic E-state index is 0.528. The summed E-state index contributed by atoms with van der Waals surface area (Å²) in [6.07, 6.45) is 2.01. The number of rotatable bonds is 5. The van der Waals surface area contributed by atoms with Crippen LogP contribution in [0.1, 0.15) is 33.1 Å². The summed E-state index contributed by atoms with van der Waals surface area (Å²) in [4.78, 5) is 19.7. The third kappa shape index (κ3) is 10.8. The van der Waals surface area contributed by atoms with Crippen molar-refractivity contribution < 1.29 is 31.3 Å². The van der Waals surface area contributed by atoms with Crippen molar-refractivity contribution in [3.63, 3.8) is 0 Å². The summed E-state index contributed by atoms with van der Waals surface area (Å²) in [5, 5.41) is 19.7. The third-order valence-corrected chi connectivity index (χ3v) is 1.80. The van der Waals surface area contributed by atoms with Crippen LogP contribution in [-0.4, -0.2) is 24.0 Å². The lowest BCUT2D eigenvalue weighted by Gasteiger charge is -2.05. The molecule has 0 aromatic carbocycles. The number of quaternary nitrogens is 2. The van der Waals surface area contributed by atoms with E-state index in [9.17, 15) is 19.8 Å². The van der Waals surface area contributed by atoms with Crippen LogP contribution in [0.2, 0.25) is 0 Å². The van der Waals surface area contributed by atoms with Crippen molar-refractivity contribution in [2.24, 2.45) is 0 Å². The predicted molar refractivity (Wildman–Crippen MR) is 48.6 cm³/mol. The Balaban J connectivity index is 0. The van der Waals surface area contributed by atoms with Gasteiger partial charge in [-0.1, -0.05) is 20.3 Å². The molecule has 6 heteroatoms. The van der Waals surface area contributed by atoms with Gasteiger partial charge in [-0.3, -0.25) is 0 Å². The zero-order chi connectivity index (χ0) is 12.4. The van der Waals surface area contributed by atoms with Gasteiger partial charge in [-0.05, 0) is 0 Å². The molecule has 0 saturated heterocycles. The average Bonchev–Trinajstić information content (AvgIpc) is 2.17. The summed E-state index contributed by atoms with van der Waals surface area (Å²) >= 11 is 0. The molecule has 0 aliphatic rings. The Kier molecular flexibility index (Phi) is 10.2. The highest BCUT2D eigenvalue weighted by molar-refractivity contribution is 5.69. The maximum atomic E-state index is 9.92. The quantitative estimate of drug-likeness (QED) is 0.486. The van der Waals surface area contributed by atoms with Crippen molar-refractivity contribution in [3.8, 4) is 0 Å². The van der Waals surface area contributed by atoms with Crippen LogP contribution >= 0.6 is 0 Å². The predicted octanol–water partition coefficient (Wildman–Crippen LogP) is -4.10. The second-order valence-corrected chi connectivity index (χ2v) is 3.23. The van der Waals surface area contributed by atoms with Gasteiger partial charge in [0.15, 0.2) is 0 Å². The highest BCUT2D eigenvalue weighted by Gasteiger charge is 2.02. The number of carboxylic acids is 2. The van der Waals surface area contributed by atoms with Crippen LogP contribution in [0.15, 0.2) is 0 Å². The van der Waals surface area contributed by atoms with Gasteiger partial charge in [0.1, 0.15) is 12.1 Å². The second-order valence-electron chi connectivity index (χ2n) is 3.23. The SMILES string of the molecule is CCC[C@H]([NH3+])C(=O)[O-].CC[C@@H]([NH3+])C(=O)[O-].